The van der Waals surface area contributed by atoms with Crippen LogP contribution in [-0.4, -0.2) is 40.4 Å². The number of thioether (sulfide) groups is 1. The molecule has 0 unspecified atom stereocenters. The van der Waals surface area contributed by atoms with Gasteiger partial charge in [-0.25, -0.2) is 0 Å². The predicted molar refractivity (Wildman–Crippen MR) is 101 cm³/mol. The van der Waals surface area contributed by atoms with Gasteiger partial charge in [0.15, 0.2) is 4.34 Å². The minimum absolute atomic E-state index is 0.0163. The van der Waals surface area contributed by atoms with Gasteiger partial charge in [-0.2, -0.15) is 0 Å². The molecular formula is C16H21N5O2S2. The van der Waals surface area contributed by atoms with E-state index in [1.54, 1.807) is 0 Å². The molecule has 2 amide bonds. The Balaban J connectivity index is 1.68. The summed E-state index contributed by atoms with van der Waals surface area (Å²) < 4.78 is 0.706. The molecule has 25 heavy (non-hydrogen) atoms. The molecule has 1 aromatic carbocycles. The summed E-state index contributed by atoms with van der Waals surface area (Å²) in [5.74, 6) is -0.211. The zero-order valence-corrected chi connectivity index (χ0v) is 15.7. The first-order valence-electron chi connectivity index (χ1n) is 7.83. The third kappa shape index (κ3) is 7.53. The van der Waals surface area contributed by atoms with Crippen molar-refractivity contribution in [1.82, 2.24) is 20.8 Å². The van der Waals surface area contributed by atoms with Gasteiger partial charge >= 0.3 is 0 Å². The SMILES string of the molecule is CC(C)NC(=O)CNC(=O)CSc1nnc(NCc2ccccc2)s1. The van der Waals surface area contributed by atoms with Crippen molar-refractivity contribution < 1.29 is 9.59 Å². The number of benzene rings is 1. The molecule has 134 valence electrons. The first-order chi connectivity index (χ1) is 12.0. The fourth-order valence-corrected chi connectivity index (χ4v) is 3.42. The summed E-state index contributed by atoms with van der Waals surface area (Å²) in [5.41, 5.74) is 1.16. The van der Waals surface area contributed by atoms with E-state index in [1.807, 2.05) is 44.2 Å². The minimum Gasteiger partial charge on any atom is -0.356 e. The molecule has 0 fully saturated rings. The molecule has 0 radical (unpaired) electrons. The Morgan fingerprint density at radius 3 is 2.64 bits per heavy atom. The lowest BCUT2D eigenvalue weighted by molar-refractivity contribution is -0.125. The van der Waals surface area contributed by atoms with E-state index in [2.05, 4.69) is 26.1 Å². The van der Waals surface area contributed by atoms with Crippen LogP contribution in [0.5, 0.6) is 0 Å². The van der Waals surface area contributed by atoms with Crippen molar-refractivity contribution in [2.45, 2.75) is 30.8 Å². The molecule has 1 heterocycles. The van der Waals surface area contributed by atoms with E-state index in [1.165, 1.54) is 23.1 Å². The summed E-state index contributed by atoms with van der Waals surface area (Å²) >= 11 is 2.70. The van der Waals surface area contributed by atoms with Crippen LogP contribution >= 0.6 is 23.1 Å². The van der Waals surface area contributed by atoms with Gasteiger partial charge in [-0.15, -0.1) is 10.2 Å². The maximum Gasteiger partial charge on any atom is 0.239 e. The second-order valence-electron chi connectivity index (χ2n) is 5.50. The number of carbonyl (C=O) groups is 2. The third-order valence-corrected chi connectivity index (χ3v) is 4.93. The Hall–Kier alpha value is -2.13. The number of amides is 2. The first kappa shape index (κ1) is 19.2. The number of anilines is 1. The van der Waals surface area contributed by atoms with E-state index >= 15 is 0 Å². The number of aromatic nitrogens is 2. The lowest BCUT2D eigenvalue weighted by Crippen LogP contribution is -2.40. The lowest BCUT2D eigenvalue weighted by atomic mass is 10.2. The van der Waals surface area contributed by atoms with Gasteiger partial charge in [0.1, 0.15) is 0 Å². The van der Waals surface area contributed by atoms with Gasteiger partial charge in [-0.3, -0.25) is 9.59 Å². The van der Waals surface area contributed by atoms with Crippen LogP contribution in [0.3, 0.4) is 0 Å². The topological polar surface area (TPSA) is 96.0 Å². The van der Waals surface area contributed by atoms with Crippen LogP contribution in [0.2, 0.25) is 0 Å². The van der Waals surface area contributed by atoms with E-state index in [9.17, 15) is 9.59 Å². The molecular weight excluding hydrogens is 358 g/mol. The van der Waals surface area contributed by atoms with E-state index in [4.69, 9.17) is 0 Å². The maximum absolute atomic E-state index is 11.8. The largest absolute Gasteiger partial charge is 0.356 e. The first-order valence-corrected chi connectivity index (χ1v) is 9.63. The fraction of sp³-hybridized carbons (Fsp3) is 0.375. The highest BCUT2D eigenvalue weighted by atomic mass is 32.2. The third-order valence-electron chi connectivity index (χ3n) is 2.92. The number of hydrogen-bond donors (Lipinski definition) is 3. The Morgan fingerprint density at radius 1 is 1.16 bits per heavy atom. The summed E-state index contributed by atoms with van der Waals surface area (Å²) in [7, 11) is 0. The zero-order valence-electron chi connectivity index (χ0n) is 14.1. The lowest BCUT2D eigenvalue weighted by Gasteiger charge is -2.08. The fourth-order valence-electron chi connectivity index (χ4n) is 1.84. The highest BCUT2D eigenvalue weighted by Crippen LogP contribution is 2.25. The zero-order chi connectivity index (χ0) is 18.1. The van der Waals surface area contributed by atoms with E-state index in [0.717, 1.165) is 5.56 Å². The van der Waals surface area contributed by atoms with Crippen LogP contribution in [-0.2, 0) is 16.1 Å². The minimum atomic E-state index is -0.210. The molecule has 0 saturated heterocycles. The Bertz CT molecular complexity index is 691. The number of nitrogens with one attached hydrogen (secondary N) is 3. The van der Waals surface area contributed by atoms with Gasteiger partial charge in [0.2, 0.25) is 16.9 Å². The second kappa shape index (κ2) is 10.00. The Kier molecular flexibility index (Phi) is 7.68. The molecule has 3 N–H and O–H groups in total. The van der Waals surface area contributed by atoms with Gasteiger partial charge in [-0.05, 0) is 19.4 Å². The van der Waals surface area contributed by atoms with Crippen LogP contribution in [0.4, 0.5) is 5.13 Å². The second-order valence-corrected chi connectivity index (χ2v) is 7.70. The van der Waals surface area contributed by atoms with Gasteiger partial charge in [0.05, 0.1) is 12.3 Å². The molecule has 0 bridgehead atoms. The van der Waals surface area contributed by atoms with Gasteiger partial charge in [0, 0.05) is 12.6 Å². The quantitative estimate of drug-likeness (QED) is 0.576. The summed E-state index contributed by atoms with van der Waals surface area (Å²) in [5, 5.41) is 17.3. The van der Waals surface area contributed by atoms with Crippen LogP contribution < -0.4 is 16.0 Å². The summed E-state index contributed by atoms with van der Waals surface area (Å²) in [6, 6.07) is 10.1. The Labute approximate surface area is 155 Å². The number of rotatable bonds is 9. The number of nitrogens with zero attached hydrogens (tertiary/aromatic N) is 2. The molecule has 0 saturated carbocycles. The molecule has 9 heteroatoms. The molecule has 1 aromatic heterocycles. The van der Waals surface area contributed by atoms with Crippen molar-refractivity contribution in [3.8, 4) is 0 Å². The summed E-state index contributed by atoms with van der Waals surface area (Å²) in [6.07, 6.45) is 0. The van der Waals surface area contributed by atoms with Crippen molar-refractivity contribution in [3.63, 3.8) is 0 Å². The molecule has 0 aliphatic rings. The smallest absolute Gasteiger partial charge is 0.239 e. The standard InChI is InChI=1S/C16H21N5O2S2/c1-11(2)19-13(22)9-17-14(23)10-24-16-21-20-15(25-16)18-8-12-6-4-3-5-7-12/h3-7,11H,8-10H2,1-2H3,(H,17,23)(H,18,20)(H,19,22). The van der Waals surface area contributed by atoms with Crippen molar-refractivity contribution in [3.05, 3.63) is 35.9 Å². The van der Waals surface area contributed by atoms with E-state index in [-0.39, 0.29) is 30.2 Å². The maximum atomic E-state index is 11.8. The van der Waals surface area contributed by atoms with Crippen molar-refractivity contribution in [1.29, 1.82) is 0 Å². The van der Waals surface area contributed by atoms with Gasteiger partial charge < -0.3 is 16.0 Å². The van der Waals surface area contributed by atoms with Gasteiger partial charge in [-0.1, -0.05) is 53.4 Å². The molecule has 2 aromatic rings. The van der Waals surface area contributed by atoms with Crippen LogP contribution in [0.15, 0.2) is 34.7 Å². The predicted octanol–water partition coefficient (Wildman–Crippen LogP) is 1.88. The molecule has 0 spiro atoms. The highest BCUT2D eigenvalue weighted by molar-refractivity contribution is 8.01. The molecule has 2 rings (SSSR count). The average Bonchev–Trinajstić information content (AvgIpc) is 3.04. The Morgan fingerprint density at radius 2 is 1.92 bits per heavy atom. The van der Waals surface area contributed by atoms with Crippen LogP contribution in [0, 0.1) is 0 Å². The van der Waals surface area contributed by atoms with Crippen molar-refractivity contribution >= 4 is 40.0 Å². The van der Waals surface area contributed by atoms with Crippen molar-refractivity contribution in [2.24, 2.45) is 0 Å². The van der Waals surface area contributed by atoms with E-state index in [0.29, 0.717) is 16.0 Å². The summed E-state index contributed by atoms with van der Waals surface area (Å²) in [4.78, 5) is 23.2. The van der Waals surface area contributed by atoms with E-state index < -0.39 is 0 Å². The number of hydrogen-bond acceptors (Lipinski definition) is 7. The highest BCUT2D eigenvalue weighted by Gasteiger charge is 2.10. The number of carbonyl (C=O) groups excluding carboxylic acids is 2. The van der Waals surface area contributed by atoms with Crippen LogP contribution in [0.25, 0.3) is 0 Å². The molecule has 0 aliphatic heterocycles. The molecule has 7 nitrogen and oxygen atoms in total. The van der Waals surface area contributed by atoms with Crippen LogP contribution in [0.1, 0.15) is 19.4 Å². The normalized spacial score (nSPS) is 10.5. The monoisotopic (exact) mass is 379 g/mol. The molecule has 0 atom stereocenters. The summed E-state index contributed by atoms with van der Waals surface area (Å²) in [6.45, 7) is 4.39. The van der Waals surface area contributed by atoms with Gasteiger partial charge in [0.25, 0.3) is 0 Å². The molecule has 0 aliphatic carbocycles. The van der Waals surface area contributed by atoms with Crippen molar-refractivity contribution in [2.75, 3.05) is 17.6 Å². The average molecular weight is 380 g/mol.